The average Bonchev–Trinajstić information content (AvgIpc) is 2.76. The van der Waals surface area contributed by atoms with Crippen LogP contribution < -0.4 is 5.32 Å². The number of nitrogens with zero attached hydrogens (tertiary/aromatic N) is 3. The van der Waals surface area contributed by atoms with E-state index in [1.165, 1.54) is 6.07 Å². The van der Waals surface area contributed by atoms with Crippen LogP contribution in [-0.2, 0) is 7.05 Å². The third-order valence-electron chi connectivity index (χ3n) is 2.80. The molecule has 1 N–H and O–H groups in total. The maximum Gasteiger partial charge on any atom is 0.143 e. The number of nitriles is 1. The van der Waals surface area contributed by atoms with Gasteiger partial charge >= 0.3 is 0 Å². The Balaban J connectivity index is 2.28. The molecule has 0 aliphatic heterocycles. The van der Waals surface area contributed by atoms with Crippen molar-refractivity contribution in [2.24, 2.45) is 7.05 Å². The molecule has 1 aromatic carbocycles. The van der Waals surface area contributed by atoms with Crippen molar-refractivity contribution in [1.29, 1.82) is 5.26 Å². The second kappa shape index (κ2) is 4.88. The minimum Gasteiger partial charge on any atom is -0.376 e. The summed E-state index contributed by atoms with van der Waals surface area (Å²) in [5.74, 6) is -0.514. The predicted octanol–water partition coefficient (Wildman–Crippen LogP) is 2.60. The number of nitrogens with one attached hydrogen (secondary N) is 1. The smallest absolute Gasteiger partial charge is 0.143 e. The van der Waals surface area contributed by atoms with Crippen LogP contribution in [0.1, 0.15) is 24.2 Å². The Labute approximate surface area is 105 Å². The highest BCUT2D eigenvalue weighted by Gasteiger charge is 2.13. The van der Waals surface area contributed by atoms with Crippen LogP contribution in [0.5, 0.6) is 0 Å². The van der Waals surface area contributed by atoms with E-state index in [9.17, 15) is 4.39 Å². The van der Waals surface area contributed by atoms with Gasteiger partial charge in [0.1, 0.15) is 17.4 Å². The Hall–Kier alpha value is -2.35. The molecule has 1 unspecified atom stereocenters. The lowest BCUT2D eigenvalue weighted by Crippen LogP contribution is -2.12. The van der Waals surface area contributed by atoms with E-state index >= 15 is 0 Å². The van der Waals surface area contributed by atoms with Crippen LogP contribution in [0.15, 0.2) is 30.5 Å². The fourth-order valence-corrected chi connectivity index (χ4v) is 1.87. The molecule has 0 saturated carbocycles. The van der Waals surface area contributed by atoms with Crippen LogP contribution >= 0.6 is 0 Å². The second-order valence-electron chi connectivity index (χ2n) is 4.02. The first-order valence-corrected chi connectivity index (χ1v) is 5.56. The van der Waals surface area contributed by atoms with Gasteiger partial charge in [-0.2, -0.15) is 10.4 Å². The zero-order valence-corrected chi connectivity index (χ0v) is 10.2. The Morgan fingerprint density at radius 2 is 2.22 bits per heavy atom. The van der Waals surface area contributed by atoms with E-state index in [0.717, 1.165) is 5.69 Å². The van der Waals surface area contributed by atoms with Crippen LogP contribution in [0.2, 0.25) is 0 Å². The average molecular weight is 244 g/mol. The molecule has 0 aliphatic carbocycles. The molecule has 0 spiro atoms. The van der Waals surface area contributed by atoms with Crippen LogP contribution in [0.25, 0.3) is 0 Å². The fraction of sp³-hybridized carbons (Fsp3) is 0.231. The summed E-state index contributed by atoms with van der Waals surface area (Å²) in [5.41, 5.74) is 1.49. The van der Waals surface area contributed by atoms with Crippen LogP contribution in [-0.4, -0.2) is 9.78 Å². The van der Waals surface area contributed by atoms with Gasteiger partial charge in [-0.25, -0.2) is 4.39 Å². The van der Waals surface area contributed by atoms with Crippen LogP contribution in [0, 0.1) is 17.1 Å². The summed E-state index contributed by atoms with van der Waals surface area (Å²) in [6, 6.07) is 8.23. The van der Waals surface area contributed by atoms with E-state index in [0.29, 0.717) is 5.69 Å². The molecule has 0 amide bonds. The van der Waals surface area contributed by atoms with Gasteiger partial charge in [-0.15, -0.1) is 0 Å². The Kier molecular flexibility index (Phi) is 3.28. The van der Waals surface area contributed by atoms with Gasteiger partial charge in [0.2, 0.25) is 0 Å². The van der Waals surface area contributed by atoms with Gasteiger partial charge in [-0.1, -0.05) is 6.07 Å². The van der Waals surface area contributed by atoms with Crippen molar-refractivity contribution in [2.75, 3.05) is 5.32 Å². The summed E-state index contributed by atoms with van der Waals surface area (Å²) in [7, 11) is 1.84. The fourth-order valence-electron chi connectivity index (χ4n) is 1.87. The number of aromatic nitrogens is 2. The molecule has 18 heavy (non-hydrogen) atoms. The lowest BCUT2D eigenvalue weighted by Gasteiger charge is -2.16. The molecule has 0 fully saturated rings. The third kappa shape index (κ3) is 2.18. The Bertz CT molecular complexity index is 597. The molecule has 0 aliphatic rings. The minimum absolute atomic E-state index is 0.0338. The molecule has 92 valence electrons. The van der Waals surface area contributed by atoms with Gasteiger partial charge in [0, 0.05) is 13.2 Å². The van der Waals surface area contributed by atoms with Crippen molar-refractivity contribution in [3.05, 3.63) is 47.5 Å². The molecule has 0 bridgehead atoms. The van der Waals surface area contributed by atoms with Crippen LogP contribution in [0.4, 0.5) is 10.1 Å². The predicted molar refractivity (Wildman–Crippen MR) is 66.4 cm³/mol. The van der Waals surface area contributed by atoms with Crippen molar-refractivity contribution >= 4 is 5.69 Å². The molecule has 0 radical (unpaired) electrons. The minimum atomic E-state index is -0.514. The van der Waals surface area contributed by atoms with Crippen LogP contribution in [0.3, 0.4) is 0 Å². The molecular formula is C13H13FN4. The lowest BCUT2D eigenvalue weighted by atomic mass is 10.1. The molecule has 1 atom stereocenters. The maximum absolute atomic E-state index is 13.4. The molecule has 1 heterocycles. The van der Waals surface area contributed by atoms with Gasteiger partial charge < -0.3 is 5.32 Å². The molecule has 0 saturated heterocycles. The van der Waals surface area contributed by atoms with Crippen molar-refractivity contribution in [3.63, 3.8) is 0 Å². The van der Waals surface area contributed by atoms with Gasteiger partial charge in [-0.05, 0) is 25.1 Å². The summed E-state index contributed by atoms with van der Waals surface area (Å²) in [6.45, 7) is 1.93. The van der Waals surface area contributed by atoms with E-state index in [1.807, 2.05) is 26.1 Å². The summed E-state index contributed by atoms with van der Waals surface area (Å²) < 4.78 is 15.2. The summed E-state index contributed by atoms with van der Waals surface area (Å²) >= 11 is 0. The van der Waals surface area contributed by atoms with E-state index in [-0.39, 0.29) is 11.6 Å². The molecular weight excluding hydrogens is 231 g/mol. The van der Waals surface area contributed by atoms with E-state index in [4.69, 9.17) is 5.26 Å². The largest absolute Gasteiger partial charge is 0.376 e. The zero-order valence-electron chi connectivity index (χ0n) is 10.2. The monoisotopic (exact) mass is 244 g/mol. The highest BCUT2D eigenvalue weighted by atomic mass is 19.1. The summed E-state index contributed by atoms with van der Waals surface area (Å²) in [6.07, 6.45) is 1.70. The number of benzene rings is 1. The summed E-state index contributed by atoms with van der Waals surface area (Å²) in [5, 5.41) is 16.1. The number of anilines is 1. The Morgan fingerprint density at radius 1 is 1.44 bits per heavy atom. The molecule has 2 aromatic rings. The van der Waals surface area contributed by atoms with Crippen molar-refractivity contribution in [3.8, 4) is 6.07 Å². The first kappa shape index (κ1) is 12.1. The quantitative estimate of drug-likeness (QED) is 0.902. The molecule has 4 nitrogen and oxygen atoms in total. The first-order chi connectivity index (χ1) is 8.63. The maximum atomic E-state index is 13.4. The number of hydrogen-bond acceptors (Lipinski definition) is 3. The molecule has 2 rings (SSSR count). The SMILES string of the molecule is CC(Nc1cccc(F)c1C#N)c1ccnn1C. The number of hydrogen-bond donors (Lipinski definition) is 1. The summed E-state index contributed by atoms with van der Waals surface area (Å²) in [4.78, 5) is 0. The first-order valence-electron chi connectivity index (χ1n) is 5.56. The lowest BCUT2D eigenvalue weighted by molar-refractivity contribution is 0.623. The van der Waals surface area contributed by atoms with E-state index in [2.05, 4.69) is 10.4 Å². The molecule has 5 heteroatoms. The van der Waals surface area contributed by atoms with Gasteiger partial charge in [0.05, 0.1) is 17.4 Å². The highest BCUT2D eigenvalue weighted by molar-refractivity contribution is 5.58. The van der Waals surface area contributed by atoms with Gasteiger partial charge in [-0.3, -0.25) is 4.68 Å². The van der Waals surface area contributed by atoms with Crippen molar-refractivity contribution in [2.45, 2.75) is 13.0 Å². The van der Waals surface area contributed by atoms with E-state index in [1.54, 1.807) is 23.0 Å². The van der Waals surface area contributed by atoms with Gasteiger partial charge in [0.25, 0.3) is 0 Å². The van der Waals surface area contributed by atoms with Gasteiger partial charge in [0.15, 0.2) is 0 Å². The molecule has 1 aromatic heterocycles. The van der Waals surface area contributed by atoms with E-state index < -0.39 is 5.82 Å². The second-order valence-corrected chi connectivity index (χ2v) is 4.02. The van der Waals surface area contributed by atoms with Crippen molar-refractivity contribution in [1.82, 2.24) is 9.78 Å². The van der Waals surface area contributed by atoms with Crippen molar-refractivity contribution < 1.29 is 4.39 Å². The standard InChI is InChI=1S/C13H13FN4/c1-9(13-6-7-16-18(13)2)17-12-5-3-4-11(14)10(12)8-15/h3-7,9,17H,1-2H3. The zero-order chi connectivity index (χ0) is 13.1. The Morgan fingerprint density at radius 3 is 2.83 bits per heavy atom. The topological polar surface area (TPSA) is 53.6 Å². The normalized spacial score (nSPS) is 11.9. The highest BCUT2D eigenvalue weighted by Crippen LogP contribution is 2.23. The number of aryl methyl sites for hydroxylation is 1. The third-order valence-corrected chi connectivity index (χ3v) is 2.80. The number of halogens is 1. The number of rotatable bonds is 3.